The highest BCUT2D eigenvalue weighted by molar-refractivity contribution is 5.81. The molecule has 1 aromatic rings. The van der Waals surface area contributed by atoms with Crippen LogP contribution in [0, 0.1) is 5.41 Å². The molecule has 25 heavy (non-hydrogen) atoms. The Bertz CT molecular complexity index is 616. The molecule has 1 aliphatic carbocycles. The lowest BCUT2D eigenvalue weighted by Crippen LogP contribution is -2.50. The Labute approximate surface area is 149 Å². The molecule has 0 atom stereocenters. The average molecular weight is 348 g/mol. The molecule has 0 radical (unpaired) electrons. The number of rotatable bonds is 4. The summed E-state index contributed by atoms with van der Waals surface area (Å²) in [7, 11) is 0. The summed E-state index contributed by atoms with van der Waals surface area (Å²) < 4.78 is 15.0. The molecule has 2 heterocycles. The minimum Gasteiger partial charge on any atom is -0.356 e. The van der Waals surface area contributed by atoms with Gasteiger partial charge in [-0.2, -0.15) is 0 Å². The number of anilines is 1. The molecule has 1 aromatic heterocycles. The predicted octanol–water partition coefficient (Wildman–Crippen LogP) is 3.21. The molecule has 0 aromatic carbocycles. The number of hydrogen-bond acceptors (Lipinski definition) is 4. The number of nitrogens with one attached hydrogen (secondary N) is 1. The molecule has 1 aliphatic heterocycles. The second-order valence-corrected chi connectivity index (χ2v) is 8.50. The van der Waals surface area contributed by atoms with Crippen LogP contribution in [0.4, 0.5) is 10.2 Å². The summed E-state index contributed by atoms with van der Waals surface area (Å²) in [5.74, 6) is 1.37. The second kappa shape index (κ2) is 6.89. The van der Waals surface area contributed by atoms with Crippen molar-refractivity contribution in [2.24, 2.45) is 5.41 Å². The summed E-state index contributed by atoms with van der Waals surface area (Å²) in [5.41, 5.74) is -0.706. The summed E-state index contributed by atoms with van der Waals surface area (Å²) in [5, 5.41) is 2.77. The molecular weight excluding hydrogens is 319 g/mol. The van der Waals surface area contributed by atoms with Gasteiger partial charge in [0.2, 0.25) is 5.91 Å². The molecule has 6 heteroatoms. The van der Waals surface area contributed by atoms with Crippen molar-refractivity contribution in [1.82, 2.24) is 15.3 Å². The van der Waals surface area contributed by atoms with Crippen LogP contribution in [-0.4, -0.2) is 41.2 Å². The number of hydrogen-bond donors (Lipinski definition) is 1. The van der Waals surface area contributed by atoms with Crippen LogP contribution in [0.3, 0.4) is 0 Å². The van der Waals surface area contributed by atoms with Gasteiger partial charge in [0, 0.05) is 49.0 Å². The first-order valence-corrected chi connectivity index (χ1v) is 9.31. The third-order valence-electron chi connectivity index (χ3n) is 5.43. The zero-order valence-corrected chi connectivity index (χ0v) is 15.5. The van der Waals surface area contributed by atoms with Crippen LogP contribution in [0.25, 0.3) is 0 Å². The molecule has 0 spiro atoms. The van der Waals surface area contributed by atoms with E-state index in [0.717, 1.165) is 11.5 Å². The van der Waals surface area contributed by atoms with E-state index in [4.69, 9.17) is 0 Å². The first kappa shape index (κ1) is 18.1. The molecule has 3 rings (SSSR count). The number of alkyl halides is 1. The molecule has 1 saturated carbocycles. The van der Waals surface area contributed by atoms with Crippen molar-refractivity contribution >= 4 is 11.7 Å². The van der Waals surface area contributed by atoms with Gasteiger partial charge in [0.1, 0.15) is 17.8 Å². The van der Waals surface area contributed by atoms with Crippen molar-refractivity contribution < 1.29 is 9.18 Å². The lowest BCUT2D eigenvalue weighted by atomic mass is 9.83. The highest BCUT2D eigenvalue weighted by atomic mass is 19.1. The van der Waals surface area contributed by atoms with Crippen LogP contribution in [-0.2, 0) is 4.79 Å². The Balaban J connectivity index is 1.55. The van der Waals surface area contributed by atoms with Gasteiger partial charge in [0.05, 0.1) is 6.54 Å². The lowest BCUT2D eigenvalue weighted by Gasteiger charge is -2.37. The van der Waals surface area contributed by atoms with Gasteiger partial charge in [0.25, 0.3) is 0 Å². The van der Waals surface area contributed by atoms with Gasteiger partial charge >= 0.3 is 0 Å². The summed E-state index contributed by atoms with van der Waals surface area (Å²) in [4.78, 5) is 22.9. The van der Waals surface area contributed by atoms with Crippen LogP contribution in [0.2, 0.25) is 0 Å². The molecular formula is C19H29FN4O. The molecule has 0 bridgehead atoms. The van der Waals surface area contributed by atoms with Crippen LogP contribution in [0.1, 0.15) is 64.5 Å². The maximum atomic E-state index is 15.0. The van der Waals surface area contributed by atoms with E-state index < -0.39 is 11.1 Å². The van der Waals surface area contributed by atoms with E-state index in [1.54, 1.807) is 6.33 Å². The molecule has 1 saturated heterocycles. The molecule has 1 N–H and O–H groups in total. The van der Waals surface area contributed by atoms with Gasteiger partial charge in [-0.3, -0.25) is 4.79 Å². The fraction of sp³-hybridized carbons (Fsp3) is 0.737. The molecule has 138 valence electrons. The minimum atomic E-state index is -1.33. The zero-order chi connectivity index (χ0) is 18.1. The molecule has 5 nitrogen and oxygen atoms in total. The lowest BCUT2D eigenvalue weighted by molar-refractivity contribution is -0.129. The van der Waals surface area contributed by atoms with Crippen molar-refractivity contribution in [1.29, 1.82) is 0 Å². The van der Waals surface area contributed by atoms with E-state index >= 15 is 4.39 Å². The summed E-state index contributed by atoms with van der Waals surface area (Å²) in [6.45, 7) is 6.83. The minimum absolute atomic E-state index is 0.0913. The smallest absolute Gasteiger partial charge is 0.225 e. The standard InChI is InChI=1S/C19H29FN4O/c1-18(2,3)17(25)21-12-19(20)7-9-24(10-8-19)16-11-15(22-13-23-16)14-5-4-6-14/h11,13-14H,4-10,12H2,1-3H3,(H,21,25). The van der Waals surface area contributed by atoms with Crippen LogP contribution in [0.15, 0.2) is 12.4 Å². The maximum Gasteiger partial charge on any atom is 0.225 e. The quantitative estimate of drug-likeness (QED) is 0.908. The van der Waals surface area contributed by atoms with E-state index in [-0.39, 0.29) is 12.5 Å². The van der Waals surface area contributed by atoms with Gasteiger partial charge < -0.3 is 10.2 Å². The van der Waals surface area contributed by atoms with E-state index in [2.05, 4.69) is 26.3 Å². The highest BCUT2D eigenvalue weighted by Gasteiger charge is 2.36. The second-order valence-electron chi connectivity index (χ2n) is 8.50. The van der Waals surface area contributed by atoms with Crippen molar-refractivity contribution in [2.75, 3.05) is 24.5 Å². The van der Waals surface area contributed by atoms with Crippen molar-refractivity contribution in [2.45, 2.75) is 64.5 Å². The summed E-state index contributed by atoms with van der Waals surface area (Å²) >= 11 is 0. The predicted molar refractivity (Wildman–Crippen MR) is 96.4 cm³/mol. The number of nitrogens with zero attached hydrogens (tertiary/aromatic N) is 3. The number of aromatic nitrogens is 2. The summed E-state index contributed by atoms with van der Waals surface area (Å²) in [6, 6.07) is 2.07. The number of piperidine rings is 1. The SMILES string of the molecule is CC(C)(C)C(=O)NCC1(F)CCN(c2cc(C3CCC3)ncn2)CC1. The van der Waals surface area contributed by atoms with E-state index in [0.29, 0.717) is 31.8 Å². The third-order valence-corrected chi connectivity index (χ3v) is 5.43. The van der Waals surface area contributed by atoms with Gasteiger partial charge in [-0.25, -0.2) is 14.4 Å². The average Bonchev–Trinajstić information content (AvgIpc) is 2.51. The van der Waals surface area contributed by atoms with Crippen LogP contribution < -0.4 is 10.2 Å². The summed E-state index contributed by atoms with van der Waals surface area (Å²) in [6.07, 6.45) is 6.12. The van der Waals surface area contributed by atoms with Crippen LogP contribution in [0.5, 0.6) is 0 Å². The Kier molecular flexibility index (Phi) is 4.98. The number of halogens is 1. The van der Waals surface area contributed by atoms with Gasteiger partial charge in [-0.05, 0) is 12.8 Å². The third kappa shape index (κ3) is 4.28. The molecule has 0 unspecified atom stereocenters. The van der Waals surface area contributed by atoms with E-state index in [9.17, 15) is 4.79 Å². The molecule has 2 aliphatic rings. The van der Waals surface area contributed by atoms with Crippen molar-refractivity contribution in [3.63, 3.8) is 0 Å². The topological polar surface area (TPSA) is 58.1 Å². The highest BCUT2D eigenvalue weighted by Crippen LogP contribution is 2.36. The maximum absolute atomic E-state index is 15.0. The number of carbonyl (C=O) groups is 1. The van der Waals surface area contributed by atoms with Crippen LogP contribution >= 0.6 is 0 Å². The molecule has 2 fully saturated rings. The number of amides is 1. The van der Waals surface area contributed by atoms with Gasteiger partial charge in [-0.1, -0.05) is 27.2 Å². The fourth-order valence-corrected chi connectivity index (χ4v) is 3.28. The fourth-order valence-electron chi connectivity index (χ4n) is 3.28. The normalized spacial score (nSPS) is 20.9. The Morgan fingerprint density at radius 2 is 2.00 bits per heavy atom. The first-order valence-electron chi connectivity index (χ1n) is 9.31. The largest absolute Gasteiger partial charge is 0.356 e. The number of carbonyl (C=O) groups excluding carboxylic acids is 1. The molecule has 1 amide bonds. The van der Waals surface area contributed by atoms with Gasteiger partial charge in [-0.15, -0.1) is 0 Å². The Hall–Kier alpha value is -1.72. The van der Waals surface area contributed by atoms with Crippen molar-refractivity contribution in [3.05, 3.63) is 18.1 Å². The monoisotopic (exact) mass is 348 g/mol. The van der Waals surface area contributed by atoms with E-state index in [1.807, 2.05) is 20.8 Å². The van der Waals surface area contributed by atoms with Gasteiger partial charge in [0.15, 0.2) is 0 Å². The van der Waals surface area contributed by atoms with E-state index in [1.165, 1.54) is 19.3 Å². The van der Waals surface area contributed by atoms with Crippen molar-refractivity contribution in [3.8, 4) is 0 Å². The zero-order valence-electron chi connectivity index (χ0n) is 15.5. The Morgan fingerprint density at radius 1 is 1.32 bits per heavy atom. The Morgan fingerprint density at radius 3 is 2.56 bits per heavy atom. The first-order chi connectivity index (χ1) is 11.8.